The van der Waals surface area contributed by atoms with Gasteiger partial charge in [-0.25, -0.2) is 4.39 Å². The number of hydrogen-bond acceptors (Lipinski definition) is 5. The van der Waals surface area contributed by atoms with Crippen LogP contribution in [0.25, 0.3) is 0 Å². The Morgan fingerprint density at radius 3 is 2.90 bits per heavy atom. The van der Waals surface area contributed by atoms with Crippen molar-refractivity contribution in [2.45, 2.75) is 27.3 Å². The van der Waals surface area contributed by atoms with E-state index in [1.165, 1.54) is 17.4 Å². The van der Waals surface area contributed by atoms with Gasteiger partial charge in [0.05, 0.1) is 0 Å². The summed E-state index contributed by atoms with van der Waals surface area (Å²) in [4.78, 5) is 0. The van der Waals surface area contributed by atoms with E-state index in [0.29, 0.717) is 17.7 Å². The quantitative estimate of drug-likeness (QED) is 0.885. The number of aromatic nitrogens is 2. The smallest absolute Gasteiger partial charge is 0.299 e. The fourth-order valence-electron chi connectivity index (χ4n) is 1.60. The summed E-state index contributed by atoms with van der Waals surface area (Å²) < 4.78 is 19.0. The lowest BCUT2D eigenvalue weighted by molar-refractivity contribution is 0.435. The second-order valence-electron chi connectivity index (χ2n) is 5.02. The molecular weight excluding hydrogens is 277 g/mol. The highest BCUT2D eigenvalue weighted by Gasteiger charge is 2.10. The van der Waals surface area contributed by atoms with Crippen LogP contribution < -0.4 is 10.1 Å². The van der Waals surface area contributed by atoms with Crippen molar-refractivity contribution in [2.24, 2.45) is 5.92 Å². The molecule has 20 heavy (non-hydrogen) atoms. The molecule has 2 rings (SSSR count). The standard InChI is InChI=1S/C14H18FN3OS/c1-9(2)7-16-8-13-17-18-14(20-13)19-12-6-10(3)4-5-11(12)15/h4-6,9,16H,7-8H2,1-3H3. The van der Waals surface area contributed by atoms with Gasteiger partial charge in [0, 0.05) is 6.54 Å². The number of benzene rings is 1. The summed E-state index contributed by atoms with van der Waals surface area (Å²) in [7, 11) is 0. The Labute approximate surface area is 122 Å². The molecule has 6 heteroatoms. The van der Waals surface area contributed by atoms with Gasteiger partial charge in [-0.05, 0) is 37.1 Å². The van der Waals surface area contributed by atoms with E-state index >= 15 is 0 Å². The number of halogens is 1. The molecule has 0 aliphatic rings. The molecule has 0 saturated heterocycles. The van der Waals surface area contributed by atoms with Gasteiger partial charge >= 0.3 is 0 Å². The van der Waals surface area contributed by atoms with Gasteiger partial charge in [-0.3, -0.25) is 0 Å². The van der Waals surface area contributed by atoms with Crippen LogP contribution in [0.15, 0.2) is 18.2 Å². The number of nitrogens with one attached hydrogen (secondary N) is 1. The summed E-state index contributed by atoms with van der Waals surface area (Å²) in [6.07, 6.45) is 0. The second-order valence-corrected chi connectivity index (χ2v) is 6.05. The average Bonchev–Trinajstić information content (AvgIpc) is 2.81. The Morgan fingerprint density at radius 1 is 1.35 bits per heavy atom. The molecule has 108 valence electrons. The summed E-state index contributed by atoms with van der Waals surface area (Å²) in [5.74, 6) is 0.369. The maximum Gasteiger partial charge on any atom is 0.299 e. The topological polar surface area (TPSA) is 47.0 Å². The molecule has 0 fully saturated rings. The Morgan fingerprint density at radius 2 is 2.15 bits per heavy atom. The molecule has 0 unspecified atom stereocenters. The third-order valence-corrected chi connectivity index (χ3v) is 3.36. The summed E-state index contributed by atoms with van der Waals surface area (Å²) in [5, 5.41) is 12.4. The van der Waals surface area contributed by atoms with E-state index in [1.807, 2.05) is 6.92 Å². The molecule has 1 N–H and O–H groups in total. The maximum absolute atomic E-state index is 13.6. The van der Waals surface area contributed by atoms with E-state index in [9.17, 15) is 4.39 Å². The van der Waals surface area contributed by atoms with E-state index < -0.39 is 5.82 Å². The minimum atomic E-state index is -0.398. The SMILES string of the molecule is Cc1ccc(F)c(Oc2nnc(CNCC(C)C)s2)c1. The summed E-state index contributed by atoms with van der Waals surface area (Å²) in [5.41, 5.74) is 0.935. The Balaban J connectivity index is 1.97. The van der Waals surface area contributed by atoms with Crippen LogP contribution in [0.3, 0.4) is 0 Å². The van der Waals surface area contributed by atoms with Crippen molar-refractivity contribution in [1.29, 1.82) is 0 Å². The second kappa shape index (κ2) is 6.76. The first-order chi connectivity index (χ1) is 9.54. The zero-order chi connectivity index (χ0) is 14.5. The number of hydrogen-bond donors (Lipinski definition) is 1. The largest absolute Gasteiger partial charge is 0.427 e. The first-order valence-corrected chi connectivity index (χ1v) is 7.33. The van der Waals surface area contributed by atoms with Crippen LogP contribution in [-0.4, -0.2) is 16.7 Å². The lowest BCUT2D eigenvalue weighted by Crippen LogP contribution is -2.18. The van der Waals surface area contributed by atoms with Crippen LogP contribution in [0.2, 0.25) is 0 Å². The number of nitrogens with zero attached hydrogens (tertiary/aromatic N) is 2. The third-order valence-electron chi connectivity index (χ3n) is 2.56. The lowest BCUT2D eigenvalue weighted by Gasteiger charge is -2.04. The van der Waals surface area contributed by atoms with Crippen molar-refractivity contribution < 1.29 is 9.13 Å². The van der Waals surface area contributed by atoms with Crippen molar-refractivity contribution >= 4 is 11.3 Å². The van der Waals surface area contributed by atoms with Gasteiger partial charge in [0.1, 0.15) is 5.01 Å². The minimum Gasteiger partial charge on any atom is -0.427 e. The average molecular weight is 295 g/mol. The molecule has 0 amide bonds. The molecule has 1 aromatic carbocycles. The van der Waals surface area contributed by atoms with Crippen LogP contribution in [-0.2, 0) is 6.54 Å². The van der Waals surface area contributed by atoms with E-state index in [2.05, 4.69) is 29.4 Å². The van der Waals surface area contributed by atoms with Gasteiger partial charge < -0.3 is 10.1 Å². The molecular formula is C14H18FN3OS. The van der Waals surface area contributed by atoms with E-state index in [-0.39, 0.29) is 5.75 Å². The highest BCUT2D eigenvalue weighted by Crippen LogP contribution is 2.27. The third kappa shape index (κ3) is 4.25. The van der Waals surface area contributed by atoms with Crippen LogP contribution in [0, 0.1) is 18.7 Å². The zero-order valence-corrected chi connectivity index (χ0v) is 12.6. The number of aryl methyl sites for hydroxylation is 1. The van der Waals surface area contributed by atoms with Gasteiger partial charge in [-0.15, -0.1) is 5.10 Å². The van der Waals surface area contributed by atoms with Crippen LogP contribution >= 0.6 is 11.3 Å². The van der Waals surface area contributed by atoms with Gasteiger partial charge in [0.2, 0.25) is 0 Å². The number of ether oxygens (including phenoxy) is 1. The molecule has 1 aromatic heterocycles. The van der Waals surface area contributed by atoms with Gasteiger partial charge in [-0.2, -0.15) is 0 Å². The highest BCUT2D eigenvalue weighted by atomic mass is 32.1. The van der Waals surface area contributed by atoms with Gasteiger partial charge in [0.15, 0.2) is 11.6 Å². The Kier molecular flexibility index (Phi) is 5.03. The van der Waals surface area contributed by atoms with Crippen molar-refractivity contribution in [2.75, 3.05) is 6.54 Å². The fraction of sp³-hybridized carbons (Fsp3) is 0.429. The molecule has 0 bridgehead atoms. The maximum atomic E-state index is 13.6. The first kappa shape index (κ1) is 14.9. The molecule has 1 heterocycles. The van der Waals surface area contributed by atoms with Crippen LogP contribution in [0.4, 0.5) is 4.39 Å². The predicted molar refractivity (Wildman–Crippen MR) is 77.7 cm³/mol. The molecule has 0 atom stereocenters. The first-order valence-electron chi connectivity index (χ1n) is 6.51. The summed E-state index contributed by atoms with van der Waals surface area (Å²) in [6.45, 7) is 7.73. The zero-order valence-electron chi connectivity index (χ0n) is 11.8. The molecule has 2 aromatic rings. The molecule has 4 nitrogen and oxygen atoms in total. The Bertz CT molecular complexity index is 571. The van der Waals surface area contributed by atoms with Gasteiger partial charge in [-0.1, -0.05) is 36.3 Å². The molecule has 0 saturated carbocycles. The van der Waals surface area contributed by atoms with Crippen molar-refractivity contribution in [1.82, 2.24) is 15.5 Å². The van der Waals surface area contributed by atoms with E-state index in [1.54, 1.807) is 12.1 Å². The van der Waals surface area contributed by atoms with Crippen molar-refractivity contribution in [3.8, 4) is 10.9 Å². The lowest BCUT2D eigenvalue weighted by atomic mass is 10.2. The van der Waals surface area contributed by atoms with Crippen LogP contribution in [0.5, 0.6) is 10.9 Å². The highest BCUT2D eigenvalue weighted by molar-refractivity contribution is 7.13. The number of rotatable bonds is 6. The van der Waals surface area contributed by atoms with Crippen molar-refractivity contribution in [3.63, 3.8) is 0 Å². The predicted octanol–water partition coefficient (Wildman–Crippen LogP) is 3.52. The molecule has 0 spiro atoms. The van der Waals surface area contributed by atoms with Gasteiger partial charge in [0.25, 0.3) is 5.19 Å². The normalized spacial score (nSPS) is 11.1. The van der Waals surface area contributed by atoms with E-state index in [0.717, 1.165) is 17.1 Å². The molecule has 0 aliphatic carbocycles. The molecule has 0 radical (unpaired) electrons. The van der Waals surface area contributed by atoms with E-state index in [4.69, 9.17) is 4.74 Å². The van der Waals surface area contributed by atoms with Crippen molar-refractivity contribution in [3.05, 3.63) is 34.6 Å². The fourth-order valence-corrected chi connectivity index (χ4v) is 2.27. The monoisotopic (exact) mass is 295 g/mol. The summed E-state index contributed by atoms with van der Waals surface area (Å²) in [6, 6.07) is 4.73. The molecule has 0 aliphatic heterocycles. The minimum absolute atomic E-state index is 0.183. The van der Waals surface area contributed by atoms with Crippen LogP contribution in [0.1, 0.15) is 24.4 Å². The summed E-state index contributed by atoms with van der Waals surface area (Å²) >= 11 is 1.32. The Hall–Kier alpha value is -1.53.